The van der Waals surface area contributed by atoms with Crippen LogP contribution >= 0.6 is 11.3 Å². The third-order valence-corrected chi connectivity index (χ3v) is 4.79. The van der Waals surface area contributed by atoms with E-state index in [-0.39, 0.29) is 24.3 Å². The van der Waals surface area contributed by atoms with Gasteiger partial charge >= 0.3 is 0 Å². The number of nitrogens with one attached hydrogen (secondary N) is 1. The van der Waals surface area contributed by atoms with E-state index in [1.807, 2.05) is 0 Å². The number of carbonyl (C=O) groups excluding carboxylic acids is 3. The Morgan fingerprint density at radius 3 is 2.62 bits per heavy atom. The lowest BCUT2D eigenvalue weighted by atomic mass is 9.96. The first-order chi connectivity index (χ1) is 12.7. The van der Waals surface area contributed by atoms with Crippen molar-refractivity contribution in [1.29, 1.82) is 0 Å². The zero-order valence-corrected chi connectivity index (χ0v) is 14.8. The summed E-state index contributed by atoms with van der Waals surface area (Å²) in [6.45, 7) is 0.961. The molecule has 1 aromatic carbocycles. The van der Waals surface area contributed by atoms with Gasteiger partial charge in [-0.25, -0.2) is 0 Å². The summed E-state index contributed by atoms with van der Waals surface area (Å²) >= 11 is 1.27. The maximum absolute atomic E-state index is 12.3. The van der Waals surface area contributed by atoms with Crippen molar-refractivity contribution in [2.75, 3.05) is 25.0 Å². The van der Waals surface area contributed by atoms with E-state index in [0.29, 0.717) is 42.4 Å². The van der Waals surface area contributed by atoms with Gasteiger partial charge < -0.3 is 15.0 Å². The van der Waals surface area contributed by atoms with E-state index in [1.165, 1.54) is 11.3 Å². The summed E-state index contributed by atoms with van der Waals surface area (Å²) in [5, 5.41) is 10.7. The molecule has 0 aliphatic carbocycles. The molecule has 0 bridgehead atoms. The number of carbonyl (C=O) groups is 3. The second kappa shape index (κ2) is 8.52. The number of nitrogens with zero attached hydrogens (tertiary/aromatic N) is 3. The Balaban J connectivity index is 1.42. The molecule has 1 aliphatic heterocycles. The highest BCUT2D eigenvalue weighted by Gasteiger charge is 2.27. The highest BCUT2D eigenvalue weighted by molar-refractivity contribution is 7.13. The summed E-state index contributed by atoms with van der Waals surface area (Å²) in [6.07, 6.45) is 1.95. The zero-order valence-electron chi connectivity index (χ0n) is 14.0. The molecule has 26 heavy (non-hydrogen) atoms. The predicted octanol–water partition coefficient (Wildman–Crippen LogP) is 1.61. The Kier molecular flexibility index (Phi) is 5.90. The first-order valence-corrected chi connectivity index (χ1v) is 9.06. The smallest absolute Gasteiger partial charge is 0.260 e. The highest BCUT2D eigenvalue weighted by atomic mass is 32.1. The fourth-order valence-electron chi connectivity index (χ4n) is 2.71. The van der Waals surface area contributed by atoms with Gasteiger partial charge in [0.1, 0.15) is 17.5 Å². The number of hydrogen-bond acceptors (Lipinski definition) is 7. The number of hydrogen-bond donors (Lipinski definition) is 1. The molecule has 0 radical (unpaired) electrons. The molecular weight excluding hydrogens is 356 g/mol. The second-order valence-corrected chi connectivity index (χ2v) is 6.70. The molecule has 0 atom stereocenters. The summed E-state index contributed by atoms with van der Waals surface area (Å²) in [5.41, 5.74) is 2.11. The van der Waals surface area contributed by atoms with E-state index >= 15 is 0 Å². The van der Waals surface area contributed by atoms with Gasteiger partial charge in [0, 0.05) is 24.6 Å². The average molecular weight is 374 g/mol. The summed E-state index contributed by atoms with van der Waals surface area (Å²) < 4.78 is 5.46. The van der Waals surface area contributed by atoms with Crippen LogP contribution in [0.1, 0.15) is 23.2 Å². The van der Waals surface area contributed by atoms with Crippen LogP contribution < -0.4 is 10.1 Å². The molecule has 0 spiro atoms. The molecule has 3 rings (SSSR count). The van der Waals surface area contributed by atoms with Crippen molar-refractivity contribution < 1.29 is 19.1 Å². The van der Waals surface area contributed by atoms with Crippen molar-refractivity contribution in [2.45, 2.75) is 12.8 Å². The molecular formula is C17H18N4O4S. The number of aldehydes is 1. The summed E-state index contributed by atoms with van der Waals surface area (Å²) in [4.78, 5) is 36.8. The average Bonchev–Trinajstić information content (AvgIpc) is 3.19. The normalized spacial score (nSPS) is 14.7. The van der Waals surface area contributed by atoms with Crippen molar-refractivity contribution in [3.63, 3.8) is 0 Å². The molecule has 136 valence electrons. The molecule has 1 aliphatic rings. The standard InChI is InChI=1S/C17H18N4O4S/c22-9-12-1-3-14(4-2-12)25-10-15(23)21-7-5-13(6-8-21)16(24)19-17-20-18-11-26-17/h1-4,9,11,13H,5-8,10H2,(H,19,20,24). The van der Waals surface area contributed by atoms with E-state index in [1.54, 1.807) is 34.7 Å². The van der Waals surface area contributed by atoms with Gasteiger partial charge in [-0.05, 0) is 37.1 Å². The molecule has 0 saturated carbocycles. The van der Waals surface area contributed by atoms with Gasteiger partial charge in [0.05, 0.1) is 0 Å². The van der Waals surface area contributed by atoms with Crippen LogP contribution in [0.25, 0.3) is 0 Å². The van der Waals surface area contributed by atoms with Crippen LogP contribution in [-0.2, 0) is 9.59 Å². The van der Waals surface area contributed by atoms with Gasteiger partial charge in [-0.15, -0.1) is 10.2 Å². The van der Waals surface area contributed by atoms with Crippen LogP contribution in [0.3, 0.4) is 0 Å². The van der Waals surface area contributed by atoms with Gasteiger partial charge in [-0.3, -0.25) is 14.4 Å². The Morgan fingerprint density at radius 1 is 1.27 bits per heavy atom. The number of amides is 2. The summed E-state index contributed by atoms with van der Waals surface area (Å²) in [6, 6.07) is 6.58. The van der Waals surface area contributed by atoms with E-state index in [0.717, 1.165) is 6.29 Å². The SMILES string of the molecule is O=Cc1ccc(OCC(=O)N2CCC(C(=O)Nc3nncs3)CC2)cc1. The second-order valence-electron chi connectivity index (χ2n) is 5.86. The Morgan fingerprint density at radius 2 is 2.00 bits per heavy atom. The number of likely N-dealkylation sites (tertiary alicyclic amines) is 1. The topological polar surface area (TPSA) is 101 Å². The van der Waals surface area contributed by atoms with Crippen molar-refractivity contribution >= 4 is 34.6 Å². The fourth-order valence-corrected chi connectivity index (χ4v) is 3.15. The third-order valence-electron chi connectivity index (χ3n) is 4.19. The molecule has 8 nitrogen and oxygen atoms in total. The lowest BCUT2D eigenvalue weighted by molar-refractivity contribution is -0.136. The van der Waals surface area contributed by atoms with Crippen molar-refractivity contribution in [3.05, 3.63) is 35.3 Å². The number of benzene rings is 1. The lowest BCUT2D eigenvalue weighted by Gasteiger charge is -2.31. The Labute approximate surface area is 154 Å². The van der Waals surface area contributed by atoms with E-state index < -0.39 is 0 Å². The monoisotopic (exact) mass is 374 g/mol. The maximum atomic E-state index is 12.3. The molecule has 0 unspecified atom stereocenters. The minimum absolute atomic E-state index is 0.0674. The van der Waals surface area contributed by atoms with Gasteiger partial charge in [0.15, 0.2) is 6.61 Å². The maximum Gasteiger partial charge on any atom is 0.260 e. The van der Waals surface area contributed by atoms with Crippen molar-refractivity contribution in [1.82, 2.24) is 15.1 Å². The van der Waals surface area contributed by atoms with Gasteiger partial charge in [-0.2, -0.15) is 0 Å². The van der Waals surface area contributed by atoms with E-state index in [9.17, 15) is 14.4 Å². The zero-order chi connectivity index (χ0) is 18.4. The minimum atomic E-state index is -0.139. The minimum Gasteiger partial charge on any atom is -0.484 e. The fraction of sp³-hybridized carbons (Fsp3) is 0.353. The first kappa shape index (κ1) is 18.0. The molecule has 1 fully saturated rings. The third kappa shape index (κ3) is 4.63. The quantitative estimate of drug-likeness (QED) is 0.771. The van der Waals surface area contributed by atoms with Crippen LogP contribution in [-0.4, -0.2) is 52.9 Å². The molecule has 1 N–H and O–H groups in total. The van der Waals surface area contributed by atoms with Crippen LogP contribution in [0.2, 0.25) is 0 Å². The first-order valence-electron chi connectivity index (χ1n) is 8.18. The van der Waals surface area contributed by atoms with Gasteiger partial charge in [0.2, 0.25) is 11.0 Å². The van der Waals surface area contributed by atoms with Crippen LogP contribution in [0.15, 0.2) is 29.8 Å². The van der Waals surface area contributed by atoms with Gasteiger partial charge in [0.25, 0.3) is 5.91 Å². The van der Waals surface area contributed by atoms with E-state index in [2.05, 4.69) is 15.5 Å². The molecule has 2 aromatic rings. The lowest BCUT2D eigenvalue weighted by Crippen LogP contribution is -2.43. The Bertz CT molecular complexity index is 756. The Hall–Kier alpha value is -2.81. The largest absolute Gasteiger partial charge is 0.484 e. The highest BCUT2D eigenvalue weighted by Crippen LogP contribution is 2.20. The van der Waals surface area contributed by atoms with E-state index in [4.69, 9.17) is 4.74 Å². The number of rotatable bonds is 6. The number of anilines is 1. The predicted molar refractivity (Wildman–Crippen MR) is 95.2 cm³/mol. The van der Waals surface area contributed by atoms with Crippen LogP contribution in [0.5, 0.6) is 5.75 Å². The van der Waals surface area contributed by atoms with Crippen LogP contribution in [0, 0.1) is 5.92 Å². The summed E-state index contributed by atoms with van der Waals surface area (Å²) in [7, 11) is 0. The molecule has 2 heterocycles. The number of ether oxygens (including phenoxy) is 1. The number of piperidine rings is 1. The van der Waals surface area contributed by atoms with Crippen molar-refractivity contribution in [3.8, 4) is 5.75 Å². The van der Waals surface area contributed by atoms with Crippen molar-refractivity contribution in [2.24, 2.45) is 5.92 Å². The number of aromatic nitrogens is 2. The molecule has 2 amide bonds. The van der Waals surface area contributed by atoms with Gasteiger partial charge in [-0.1, -0.05) is 11.3 Å². The molecule has 1 aromatic heterocycles. The van der Waals surface area contributed by atoms with Crippen LogP contribution in [0.4, 0.5) is 5.13 Å². The summed E-state index contributed by atoms with van der Waals surface area (Å²) in [5.74, 6) is 0.197. The molecule has 9 heteroatoms. The molecule has 1 saturated heterocycles.